The Morgan fingerprint density at radius 1 is 1.32 bits per heavy atom. The van der Waals surface area contributed by atoms with Gasteiger partial charge >= 0.3 is 0 Å². The average Bonchev–Trinajstić information content (AvgIpc) is 2.85. The summed E-state index contributed by atoms with van der Waals surface area (Å²) in [5.41, 5.74) is 2.23. The molecule has 1 atom stereocenters. The van der Waals surface area contributed by atoms with Gasteiger partial charge in [0.25, 0.3) is 5.91 Å². The molecule has 6 nitrogen and oxygen atoms in total. The Morgan fingerprint density at radius 2 is 2.16 bits per heavy atom. The first-order valence-electron chi connectivity index (χ1n) is 7.53. The molecule has 128 valence electrons. The van der Waals surface area contributed by atoms with Crippen molar-refractivity contribution in [2.45, 2.75) is 19.2 Å². The van der Waals surface area contributed by atoms with Crippen molar-refractivity contribution >= 4 is 27.5 Å². The van der Waals surface area contributed by atoms with Gasteiger partial charge < -0.3 is 14.4 Å². The van der Waals surface area contributed by atoms with Crippen LogP contribution in [0.25, 0.3) is 0 Å². The quantitative estimate of drug-likeness (QED) is 0.726. The van der Waals surface area contributed by atoms with Gasteiger partial charge in [-0.25, -0.2) is 4.39 Å². The first-order chi connectivity index (χ1) is 12.1. The van der Waals surface area contributed by atoms with Gasteiger partial charge in [0, 0.05) is 21.2 Å². The molecule has 0 saturated carbocycles. The maximum absolute atomic E-state index is 13.9. The van der Waals surface area contributed by atoms with E-state index in [1.807, 2.05) is 0 Å². The van der Waals surface area contributed by atoms with E-state index in [-0.39, 0.29) is 19.9 Å². The first kappa shape index (κ1) is 16.2. The van der Waals surface area contributed by atoms with Crippen molar-refractivity contribution in [1.82, 2.24) is 0 Å². The van der Waals surface area contributed by atoms with Crippen LogP contribution in [0.2, 0.25) is 0 Å². The number of fused-ring (bicyclic) bond motifs is 2. The van der Waals surface area contributed by atoms with Crippen molar-refractivity contribution in [1.29, 1.82) is 0 Å². The zero-order valence-electron chi connectivity index (χ0n) is 12.9. The number of rotatable bonds is 3. The Hall–Kier alpha value is -2.32. The molecule has 0 spiro atoms. The summed E-state index contributed by atoms with van der Waals surface area (Å²) in [6.07, 6.45) is 0. The minimum atomic E-state index is -1.09. The predicted octanol–water partition coefficient (Wildman–Crippen LogP) is 3.81. The Balaban J connectivity index is 1.77. The molecule has 0 radical (unpaired) electrons. The molecule has 2 aliphatic rings. The van der Waals surface area contributed by atoms with Crippen LogP contribution in [-0.2, 0) is 22.7 Å². The monoisotopic (exact) mass is 406 g/mol. The Labute approximate surface area is 150 Å². The van der Waals surface area contributed by atoms with Crippen LogP contribution in [-0.4, -0.2) is 12.7 Å². The fourth-order valence-electron chi connectivity index (χ4n) is 3.19. The van der Waals surface area contributed by atoms with E-state index in [1.165, 1.54) is 17.0 Å². The molecule has 0 fully saturated rings. The zero-order valence-corrected chi connectivity index (χ0v) is 14.5. The molecule has 8 heteroatoms. The van der Waals surface area contributed by atoms with Crippen LogP contribution in [0.15, 0.2) is 40.0 Å². The third-order valence-electron chi connectivity index (χ3n) is 4.26. The van der Waals surface area contributed by atoms with Crippen molar-refractivity contribution in [3.05, 3.63) is 62.2 Å². The molecule has 0 saturated heterocycles. The van der Waals surface area contributed by atoms with Gasteiger partial charge in [0.05, 0.1) is 18.8 Å². The lowest BCUT2D eigenvalue weighted by Gasteiger charge is -2.24. The van der Waals surface area contributed by atoms with Gasteiger partial charge in [-0.1, -0.05) is 27.2 Å². The average molecular weight is 407 g/mol. The van der Waals surface area contributed by atoms with E-state index in [4.69, 9.17) is 9.47 Å². The predicted molar refractivity (Wildman–Crippen MR) is 90.6 cm³/mol. The number of nitrogens with zero attached hydrogens (tertiary/aromatic N) is 2. The van der Waals surface area contributed by atoms with E-state index in [1.54, 1.807) is 18.2 Å². The largest absolute Gasteiger partial charge is 0.467 e. The molecule has 0 aromatic heterocycles. The number of nitroso groups, excluding NO2 is 1. The van der Waals surface area contributed by atoms with E-state index in [0.717, 1.165) is 4.47 Å². The molecule has 2 aliphatic heterocycles. The normalized spacial score (nSPS) is 18.6. The standard InChI is InChI=1S/C17H12BrFN2O4/c18-11-1-2-13-14(5-11)21(17(22)15(13)20-23)6-9-3-12(19)4-10-7-24-8-25-16(9)10/h1-5,15H,6-8H2. The number of carbonyl (C=O) groups excluding carboxylic acids is 1. The van der Waals surface area contributed by atoms with Crippen LogP contribution in [0, 0.1) is 10.7 Å². The summed E-state index contributed by atoms with van der Waals surface area (Å²) in [6, 6.07) is 6.78. The number of amides is 1. The third-order valence-corrected chi connectivity index (χ3v) is 4.76. The number of carbonyl (C=O) groups is 1. The van der Waals surface area contributed by atoms with Gasteiger partial charge in [-0.3, -0.25) is 4.79 Å². The van der Waals surface area contributed by atoms with Gasteiger partial charge in [-0.15, -0.1) is 4.91 Å². The SMILES string of the molecule is O=NC1C(=O)N(Cc2cc(F)cc3c2OCOC3)c2cc(Br)ccc21. The van der Waals surface area contributed by atoms with Crippen molar-refractivity contribution < 1.29 is 18.7 Å². The fraction of sp³-hybridized carbons (Fsp3) is 0.235. The van der Waals surface area contributed by atoms with Crippen LogP contribution >= 0.6 is 15.9 Å². The second kappa shape index (κ2) is 6.20. The smallest absolute Gasteiger partial charge is 0.260 e. The minimum absolute atomic E-state index is 0.0697. The number of halogens is 2. The van der Waals surface area contributed by atoms with Gasteiger partial charge in [0.2, 0.25) is 0 Å². The van der Waals surface area contributed by atoms with E-state index in [2.05, 4.69) is 21.1 Å². The molecule has 2 heterocycles. The highest BCUT2D eigenvalue weighted by molar-refractivity contribution is 9.10. The Morgan fingerprint density at radius 3 is 2.96 bits per heavy atom. The fourth-order valence-corrected chi connectivity index (χ4v) is 3.54. The van der Waals surface area contributed by atoms with Gasteiger partial charge in [-0.2, -0.15) is 0 Å². The molecule has 25 heavy (non-hydrogen) atoms. The molecule has 0 aliphatic carbocycles. The lowest BCUT2D eigenvalue weighted by Crippen LogP contribution is -2.28. The maximum Gasteiger partial charge on any atom is 0.260 e. The van der Waals surface area contributed by atoms with E-state index < -0.39 is 17.8 Å². The molecule has 0 bridgehead atoms. The summed E-state index contributed by atoms with van der Waals surface area (Å²) in [7, 11) is 0. The molecular weight excluding hydrogens is 395 g/mol. The molecule has 1 unspecified atom stereocenters. The highest BCUT2D eigenvalue weighted by Crippen LogP contribution is 2.41. The van der Waals surface area contributed by atoms with Crippen LogP contribution in [0.1, 0.15) is 22.7 Å². The number of ether oxygens (including phenoxy) is 2. The maximum atomic E-state index is 13.9. The molecule has 2 aromatic rings. The van der Waals surface area contributed by atoms with Gasteiger partial charge in [0.15, 0.2) is 12.8 Å². The summed E-state index contributed by atoms with van der Waals surface area (Å²) < 4.78 is 25.4. The number of hydrogen-bond acceptors (Lipinski definition) is 5. The van der Waals surface area contributed by atoms with Crippen molar-refractivity contribution in [2.75, 3.05) is 11.7 Å². The van der Waals surface area contributed by atoms with Crippen molar-refractivity contribution in [2.24, 2.45) is 5.18 Å². The Bertz CT molecular complexity index is 889. The molecule has 0 N–H and O–H groups in total. The highest BCUT2D eigenvalue weighted by Gasteiger charge is 2.39. The van der Waals surface area contributed by atoms with Crippen molar-refractivity contribution in [3.8, 4) is 5.75 Å². The van der Waals surface area contributed by atoms with Gasteiger partial charge in [-0.05, 0) is 24.3 Å². The first-order valence-corrected chi connectivity index (χ1v) is 8.33. The number of benzene rings is 2. The molecule has 1 amide bonds. The van der Waals surface area contributed by atoms with Crippen LogP contribution in [0.3, 0.4) is 0 Å². The summed E-state index contributed by atoms with van der Waals surface area (Å²) in [5, 5.41) is 2.95. The summed E-state index contributed by atoms with van der Waals surface area (Å²) in [4.78, 5) is 25.2. The molecule has 2 aromatic carbocycles. The molecule has 4 rings (SSSR count). The van der Waals surface area contributed by atoms with E-state index in [9.17, 15) is 14.1 Å². The van der Waals surface area contributed by atoms with E-state index >= 15 is 0 Å². The lowest BCUT2D eigenvalue weighted by molar-refractivity contribution is -0.119. The number of anilines is 1. The van der Waals surface area contributed by atoms with Crippen LogP contribution in [0.4, 0.5) is 10.1 Å². The van der Waals surface area contributed by atoms with Crippen molar-refractivity contribution in [3.63, 3.8) is 0 Å². The van der Waals surface area contributed by atoms with E-state index in [0.29, 0.717) is 28.1 Å². The lowest BCUT2D eigenvalue weighted by atomic mass is 10.1. The topological polar surface area (TPSA) is 68.2 Å². The highest BCUT2D eigenvalue weighted by atomic mass is 79.9. The molecular formula is C17H12BrFN2O4. The third kappa shape index (κ3) is 2.71. The van der Waals surface area contributed by atoms with Gasteiger partial charge in [0.1, 0.15) is 11.6 Å². The summed E-state index contributed by atoms with van der Waals surface area (Å²) in [5.74, 6) is -0.360. The van der Waals surface area contributed by atoms with Crippen LogP contribution in [0.5, 0.6) is 5.75 Å². The number of hydrogen-bond donors (Lipinski definition) is 0. The Kier molecular flexibility index (Phi) is 4.01. The minimum Gasteiger partial charge on any atom is -0.467 e. The summed E-state index contributed by atoms with van der Waals surface area (Å²) >= 11 is 3.36. The van der Waals surface area contributed by atoms with Crippen LogP contribution < -0.4 is 9.64 Å². The zero-order chi connectivity index (χ0) is 17.6. The second-order valence-corrected chi connectivity index (χ2v) is 6.71. The second-order valence-electron chi connectivity index (χ2n) is 5.80. The summed E-state index contributed by atoms with van der Waals surface area (Å²) in [6.45, 7) is 0.392.